The molecule has 1 aliphatic heterocycles. The van der Waals surface area contributed by atoms with Gasteiger partial charge in [0, 0.05) is 23.6 Å². The summed E-state index contributed by atoms with van der Waals surface area (Å²) in [6.07, 6.45) is 5.22. The Morgan fingerprint density at radius 2 is 1.79 bits per heavy atom. The van der Waals surface area contributed by atoms with E-state index in [9.17, 15) is 18.3 Å². The monoisotopic (exact) mass is 419 g/mol. The molecule has 2 saturated carbocycles. The number of fused-ring (bicyclic) bond motifs is 5. The molecular weight excluding hydrogens is 386 g/mol. The van der Waals surface area contributed by atoms with E-state index in [0.29, 0.717) is 11.5 Å². The Morgan fingerprint density at radius 3 is 2.45 bits per heavy atom. The van der Waals surface area contributed by atoms with Crippen LogP contribution in [-0.4, -0.2) is 32.2 Å². The lowest BCUT2D eigenvalue weighted by Gasteiger charge is -2.63. The van der Waals surface area contributed by atoms with E-state index >= 15 is 0 Å². The minimum atomic E-state index is -3.60. The van der Waals surface area contributed by atoms with Crippen molar-refractivity contribution in [3.05, 3.63) is 23.3 Å². The third kappa shape index (κ3) is 2.77. The Labute approximate surface area is 174 Å². The lowest BCUT2D eigenvalue weighted by Crippen LogP contribution is -2.59. The van der Waals surface area contributed by atoms with Crippen LogP contribution in [0.1, 0.15) is 75.7 Å². The molecule has 1 aromatic rings. The average molecular weight is 420 g/mol. The first-order valence-corrected chi connectivity index (χ1v) is 12.3. The Balaban J connectivity index is 1.93. The number of phenolic OH excluding ortho intramolecular Hbond substituents is 1. The van der Waals surface area contributed by atoms with Gasteiger partial charge in [-0.05, 0) is 60.5 Å². The van der Waals surface area contributed by atoms with Gasteiger partial charge < -0.3 is 10.4 Å². The number of amides is 1. The molecule has 2 aliphatic carbocycles. The number of carbonyl (C=O) groups excluding carboxylic acids is 1. The second-order valence-electron chi connectivity index (χ2n) is 10.6. The van der Waals surface area contributed by atoms with E-state index in [1.807, 2.05) is 0 Å². The topological polar surface area (TPSA) is 83.5 Å². The summed E-state index contributed by atoms with van der Waals surface area (Å²) in [6, 6.07) is 2.89. The van der Waals surface area contributed by atoms with E-state index in [2.05, 4.69) is 33.0 Å². The average Bonchev–Trinajstić information content (AvgIpc) is 2.62. The number of nitrogens with one attached hydrogen (secondary N) is 1. The van der Waals surface area contributed by atoms with Gasteiger partial charge >= 0.3 is 0 Å². The summed E-state index contributed by atoms with van der Waals surface area (Å²) in [7, 11) is -2.11. The maximum absolute atomic E-state index is 13.4. The van der Waals surface area contributed by atoms with Gasteiger partial charge in [-0.25, -0.2) is 8.42 Å². The van der Waals surface area contributed by atoms with E-state index in [1.165, 1.54) is 25.6 Å². The van der Waals surface area contributed by atoms with Crippen molar-refractivity contribution in [2.24, 2.45) is 22.7 Å². The molecule has 4 rings (SSSR count). The molecule has 1 aromatic carbocycles. The third-order valence-electron chi connectivity index (χ3n) is 8.66. The minimum Gasteiger partial charge on any atom is -0.508 e. The first-order valence-electron chi connectivity index (χ1n) is 10.7. The van der Waals surface area contributed by atoms with Crippen molar-refractivity contribution in [2.45, 2.75) is 70.1 Å². The van der Waals surface area contributed by atoms with Crippen molar-refractivity contribution in [3.8, 4) is 5.75 Å². The van der Waals surface area contributed by atoms with Gasteiger partial charge in [0.1, 0.15) is 5.75 Å². The highest BCUT2D eigenvalue weighted by molar-refractivity contribution is 7.91. The molecule has 0 bridgehead atoms. The summed E-state index contributed by atoms with van der Waals surface area (Å²) in [4.78, 5) is 12.3. The Kier molecular flexibility index (Phi) is 4.44. The molecule has 4 atom stereocenters. The lowest BCUT2D eigenvalue weighted by molar-refractivity contribution is -0.0984. The summed E-state index contributed by atoms with van der Waals surface area (Å²) < 4.78 is 26.8. The summed E-state index contributed by atoms with van der Waals surface area (Å²) in [5, 5.41) is 13.5. The van der Waals surface area contributed by atoms with E-state index < -0.39 is 21.2 Å². The fourth-order valence-corrected chi connectivity index (χ4v) is 9.65. The number of hydrogen-bond acceptors (Lipinski definition) is 4. The molecule has 6 heteroatoms. The fraction of sp³-hybridized carbons (Fsp3) is 0.696. The van der Waals surface area contributed by atoms with Crippen LogP contribution in [0.15, 0.2) is 17.0 Å². The van der Waals surface area contributed by atoms with Crippen molar-refractivity contribution in [2.75, 3.05) is 12.8 Å². The molecule has 160 valence electrons. The van der Waals surface area contributed by atoms with Crippen LogP contribution in [0.5, 0.6) is 5.75 Å². The molecule has 5 nitrogen and oxygen atoms in total. The fourth-order valence-electron chi connectivity index (χ4n) is 7.33. The van der Waals surface area contributed by atoms with Crippen molar-refractivity contribution in [1.29, 1.82) is 0 Å². The highest BCUT2D eigenvalue weighted by Gasteiger charge is 2.62. The van der Waals surface area contributed by atoms with Crippen molar-refractivity contribution >= 4 is 15.7 Å². The van der Waals surface area contributed by atoms with Crippen molar-refractivity contribution < 1.29 is 18.3 Å². The number of rotatable bonds is 1. The molecule has 2 N–H and O–H groups in total. The van der Waals surface area contributed by atoms with Gasteiger partial charge in [-0.2, -0.15) is 0 Å². The molecule has 0 unspecified atom stereocenters. The largest absolute Gasteiger partial charge is 0.508 e. The molecule has 29 heavy (non-hydrogen) atoms. The summed E-state index contributed by atoms with van der Waals surface area (Å²) in [5.41, 5.74) is 0.428. The van der Waals surface area contributed by atoms with Crippen molar-refractivity contribution in [3.63, 3.8) is 0 Å². The molecule has 1 amide bonds. The second kappa shape index (κ2) is 6.22. The van der Waals surface area contributed by atoms with Gasteiger partial charge in [-0.3, -0.25) is 4.79 Å². The number of phenols is 1. The van der Waals surface area contributed by atoms with E-state index in [-0.39, 0.29) is 38.7 Å². The first kappa shape index (κ1) is 20.7. The van der Waals surface area contributed by atoms with E-state index in [4.69, 9.17) is 0 Å². The summed E-state index contributed by atoms with van der Waals surface area (Å²) >= 11 is 0. The maximum Gasteiger partial charge on any atom is 0.251 e. The SMILES string of the molecule is CNC(=O)c1cc(O)c2c(c1)S(=O)(=O)C[C@@H]1[C@@]3(C)CCCC(C)(C)[C@@H]3CC[C@@]21C. The van der Waals surface area contributed by atoms with Gasteiger partial charge in [-0.15, -0.1) is 0 Å². The normalized spacial score (nSPS) is 37.0. The van der Waals surface area contributed by atoms with Crippen LogP contribution in [0.4, 0.5) is 0 Å². The molecule has 3 aliphatic rings. The highest BCUT2D eigenvalue weighted by atomic mass is 32.2. The first-order chi connectivity index (χ1) is 13.4. The van der Waals surface area contributed by atoms with E-state index in [0.717, 1.165) is 25.7 Å². The Morgan fingerprint density at radius 1 is 1.10 bits per heavy atom. The number of carbonyl (C=O) groups is 1. The van der Waals surface area contributed by atoms with Gasteiger partial charge in [0.25, 0.3) is 5.91 Å². The predicted octanol–water partition coefficient (Wildman–Crippen LogP) is 4.04. The van der Waals surface area contributed by atoms with Crippen LogP contribution in [0.2, 0.25) is 0 Å². The highest BCUT2D eigenvalue weighted by Crippen LogP contribution is 2.67. The molecule has 0 aromatic heterocycles. The van der Waals surface area contributed by atoms with Gasteiger partial charge in [-0.1, -0.05) is 34.1 Å². The van der Waals surface area contributed by atoms with E-state index in [1.54, 1.807) is 0 Å². The standard InChI is InChI=1S/C23H33NO4S/c1-21(2)8-6-9-22(3)17(21)7-10-23(4)18(22)13-29(27,28)16-12-14(20(26)24-5)11-15(25)19(16)23/h11-12,17-18,25H,6-10,13H2,1-5H3,(H,24,26)/t17-,18+,22-,23+/m0/s1. The van der Waals surface area contributed by atoms with Crippen LogP contribution >= 0.6 is 0 Å². The minimum absolute atomic E-state index is 0.0393. The van der Waals surface area contributed by atoms with Gasteiger partial charge in [0.05, 0.1) is 10.6 Å². The Bertz CT molecular complexity index is 983. The number of sulfone groups is 1. The number of aromatic hydroxyl groups is 1. The summed E-state index contributed by atoms with van der Waals surface area (Å²) in [5.74, 6) is 0.0775. The zero-order valence-electron chi connectivity index (χ0n) is 18.1. The van der Waals surface area contributed by atoms with Crippen LogP contribution in [0.25, 0.3) is 0 Å². The van der Waals surface area contributed by atoms with Gasteiger partial charge in [0.15, 0.2) is 9.84 Å². The zero-order chi connectivity index (χ0) is 21.4. The molecular formula is C23H33NO4S. The smallest absolute Gasteiger partial charge is 0.251 e. The molecule has 0 radical (unpaired) electrons. The van der Waals surface area contributed by atoms with Crippen LogP contribution in [0, 0.1) is 22.7 Å². The van der Waals surface area contributed by atoms with Crippen molar-refractivity contribution in [1.82, 2.24) is 5.32 Å². The third-order valence-corrected chi connectivity index (χ3v) is 10.4. The number of hydrogen-bond donors (Lipinski definition) is 2. The zero-order valence-corrected chi connectivity index (χ0v) is 18.9. The Hall–Kier alpha value is -1.56. The van der Waals surface area contributed by atoms with Crippen LogP contribution in [0.3, 0.4) is 0 Å². The molecule has 0 saturated heterocycles. The predicted molar refractivity (Wildman–Crippen MR) is 113 cm³/mol. The molecule has 0 spiro atoms. The van der Waals surface area contributed by atoms with Crippen LogP contribution in [-0.2, 0) is 15.3 Å². The lowest BCUT2D eigenvalue weighted by atomic mass is 9.43. The number of benzene rings is 1. The van der Waals surface area contributed by atoms with Gasteiger partial charge in [0.2, 0.25) is 0 Å². The molecule has 1 heterocycles. The maximum atomic E-state index is 13.4. The second-order valence-corrected chi connectivity index (χ2v) is 12.6. The summed E-state index contributed by atoms with van der Waals surface area (Å²) in [6.45, 7) is 9.08. The van der Waals surface area contributed by atoms with Crippen LogP contribution < -0.4 is 5.32 Å². The quantitative estimate of drug-likeness (QED) is 0.720. The molecule has 2 fully saturated rings.